The van der Waals surface area contributed by atoms with Crippen LogP contribution in [0.15, 0.2) is 0 Å². The van der Waals surface area contributed by atoms with Crippen molar-refractivity contribution in [2.45, 2.75) is 38.0 Å². The summed E-state index contributed by atoms with van der Waals surface area (Å²) >= 11 is 0. The minimum absolute atomic E-state index is 0.0594. The smallest absolute Gasteiger partial charge is 0.218 e. The Balaban J connectivity index is 2.80. The van der Waals surface area contributed by atoms with E-state index in [4.69, 9.17) is 10.5 Å². The van der Waals surface area contributed by atoms with E-state index in [0.717, 1.165) is 12.8 Å². The van der Waals surface area contributed by atoms with Crippen molar-refractivity contribution in [2.24, 2.45) is 11.7 Å². The van der Waals surface area contributed by atoms with Gasteiger partial charge in [-0.1, -0.05) is 0 Å². The first-order valence-electron chi connectivity index (χ1n) is 6.14. The fourth-order valence-electron chi connectivity index (χ4n) is 1.91. The average Bonchev–Trinajstić information content (AvgIpc) is 3.11. The van der Waals surface area contributed by atoms with Crippen LogP contribution in [0.3, 0.4) is 0 Å². The second kappa shape index (κ2) is 6.13. The highest BCUT2D eigenvalue weighted by Crippen LogP contribution is 2.36. The van der Waals surface area contributed by atoms with Crippen LogP contribution >= 0.6 is 0 Å². The van der Waals surface area contributed by atoms with E-state index in [-0.39, 0.29) is 12.6 Å². The average molecular weight is 264 g/mol. The predicted octanol–water partition coefficient (Wildman–Crippen LogP) is 0.410. The van der Waals surface area contributed by atoms with Gasteiger partial charge in [-0.2, -0.15) is 4.31 Å². The van der Waals surface area contributed by atoms with E-state index < -0.39 is 15.3 Å². The highest BCUT2D eigenvalue weighted by molar-refractivity contribution is 7.89. The molecule has 0 aromatic carbocycles. The molecular formula is C11H24N2O3S. The Hall–Kier alpha value is -0.170. The molecule has 1 saturated carbocycles. The van der Waals surface area contributed by atoms with Crippen molar-refractivity contribution < 1.29 is 13.2 Å². The van der Waals surface area contributed by atoms with E-state index in [1.807, 2.05) is 6.92 Å². The zero-order valence-electron chi connectivity index (χ0n) is 10.9. The SMILES string of the molecule is COCCN(C(C)C1CC1)S(=O)(=O)C(C)CN. The van der Waals surface area contributed by atoms with E-state index in [9.17, 15) is 8.42 Å². The maximum Gasteiger partial charge on any atom is 0.218 e. The number of rotatable bonds is 8. The Bertz CT molecular complexity index is 328. The first-order valence-corrected chi connectivity index (χ1v) is 7.65. The topological polar surface area (TPSA) is 72.6 Å². The van der Waals surface area contributed by atoms with Gasteiger partial charge in [0.25, 0.3) is 0 Å². The van der Waals surface area contributed by atoms with E-state index in [1.54, 1.807) is 18.3 Å². The zero-order valence-corrected chi connectivity index (χ0v) is 11.7. The summed E-state index contributed by atoms with van der Waals surface area (Å²) in [6, 6.07) is 0.0594. The molecule has 0 radical (unpaired) electrons. The minimum Gasteiger partial charge on any atom is -0.383 e. The van der Waals surface area contributed by atoms with Crippen molar-refractivity contribution in [3.05, 3.63) is 0 Å². The normalized spacial score (nSPS) is 20.5. The lowest BCUT2D eigenvalue weighted by Crippen LogP contribution is -2.47. The largest absolute Gasteiger partial charge is 0.383 e. The molecular weight excluding hydrogens is 240 g/mol. The van der Waals surface area contributed by atoms with Crippen LogP contribution in [0.2, 0.25) is 0 Å². The molecule has 2 atom stereocenters. The number of methoxy groups -OCH3 is 1. The second-order valence-electron chi connectivity index (χ2n) is 4.77. The van der Waals surface area contributed by atoms with Gasteiger partial charge in [-0.05, 0) is 32.6 Å². The van der Waals surface area contributed by atoms with Gasteiger partial charge in [0.15, 0.2) is 0 Å². The molecule has 6 heteroatoms. The summed E-state index contributed by atoms with van der Waals surface area (Å²) in [7, 11) is -1.72. The Kier molecular flexibility index (Phi) is 5.37. The number of hydrogen-bond donors (Lipinski definition) is 1. The molecule has 5 nitrogen and oxygen atoms in total. The number of nitrogens with zero attached hydrogens (tertiary/aromatic N) is 1. The fourth-order valence-corrected chi connectivity index (χ4v) is 3.58. The Morgan fingerprint density at radius 1 is 1.41 bits per heavy atom. The highest BCUT2D eigenvalue weighted by Gasteiger charge is 2.39. The Morgan fingerprint density at radius 2 is 2.00 bits per heavy atom. The molecule has 0 aromatic rings. The van der Waals surface area contributed by atoms with Gasteiger partial charge in [-0.3, -0.25) is 0 Å². The Morgan fingerprint density at radius 3 is 2.41 bits per heavy atom. The van der Waals surface area contributed by atoms with Gasteiger partial charge in [-0.25, -0.2) is 8.42 Å². The highest BCUT2D eigenvalue weighted by atomic mass is 32.2. The van der Waals surface area contributed by atoms with Gasteiger partial charge in [-0.15, -0.1) is 0 Å². The van der Waals surface area contributed by atoms with Gasteiger partial charge in [0.2, 0.25) is 10.0 Å². The van der Waals surface area contributed by atoms with Crippen molar-refractivity contribution in [3.63, 3.8) is 0 Å². The fraction of sp³-hybridized carbons (Fsp3) is 1.00. The van der Waals surface area contributed by atoms with Gasteiger partial charge >= 0.3 is 0 Å². The van der Waals surface area contributed by atoms with Crippen LogP contribution in [0.4, 0.5) is 0 Å². The lowest BCUT2D eigenvalue weighted by molar-refractivity contribution is 0.164. The van der Waals surface area contributed by atoms with Crippen molar-refractivity contribution in [1.82, 2.24) is 4.31 Å². The van der Waals surface area contributed by atoms with Crippen LogP contribution in [0, 0.1) is 5.92 Å². The van der Waals surface area contributed by atoms with Crippen molar-refractivity contribution >= 4 is 10.0 Å². The number of ether oxygens (including phenoxy) is 1. The third kappa shape index (κ3) is 3.64. The molecule has 2 N–H and O–H groups in total. The quantitative estimate of drug-likeness (QED) is 0.689. The van der Waals surface area contributed by atoms with Crippen LogP contribution in [0.25, 0.3) is 0 Å². The summed E-state index contributed by atoms with van der Waals surface area (Å²) in [4.78, 5) is 0. The van der Waals surface area contributed by atoms with Gasteiger partial charge in [0.1, 0.15) is 0 Å². The number of sulfonamides is 1. The number of nitrogens with two attached hydrogens (primary N) is 1. The first kappa shape index (κ1) is 14.9. The van der Waals surface area contributed by atoms with E-state index in [1.165, 1.54) is 0 Å². The Labute approximate surface area is 104 Å². The molecule has 0 heterocycles. The molecule has 0 aromatic heterocycles. The molecule has 1 rings (SSSR count). The van der Waals surface area contributed by atoms with Crippen LogP contribution in [0.1, 0.15) is 26.7 Å². The molecule has 0 spiro atoms. The summed E-state index contributed by atoms with van der Waals surface area (Å²) in [6.07, 6.45) is 2.24. The molecule has 2 unspecified atom stereocenters. The summed E-state index contributed by atoms with van der Waals surface area (Å²) in [5.74, 6) is 0.506. The molecule has 0 bridgehead atoms. The monoisotopic (exact) mass is 264 g/mol. The molecule has 1 aliphatic carbocycles. The molecule has 17 heavy (non-hydrogen) atoms. The van der Waals surface area contributed by atoms with Gasteiger partial charge in [0.05, 0.1) is 11.9 Å². The number of hydrogen-bond acceptors (Lipinski definition) is 4. The van der Waals surface area contributed by atoms with Crippen LogP contribution < -0.4 is 5.73 Å². The summed E-state index contributed by atoms with van der Waals surface area (Å²) in [5.41, 5.74) is 5.48. The summed E-state index contributed by atoms with van der Waals surface area (Å²) < 4.78 is 31.2. The third-order valence-corrected chi connectivity index (χ3v) is 5.82. The maximum absolute atomic E-state index is 12.3. The van der Waals surface area contributed by atoms with Gasteiger partial charge < -0.3 is 10.5 Å². The summed E-state index contributed by atoms with van der Waals surface area (Å²) in [6.45, 7) is 4.64. The molecule has 0 saturated heterocycles. The predicted molar refractivity (Wildman–Crippen MR) is 68.2 cm³/mol. The minimum atomic E-state index is -3.30. The van der Waals surface area contributed by atoms with Crippen molar-refractivity contribution in [1.29, 1.82) is 0 Å². The van der Waals surface area contributed by atoms with E-state index in [2.05, 4.69) is 0 Å². The zero-order chi connectivity index (χ0) is 13.1. The molecule has 0 aliphatic heterocycles. The molecule has 102 valence electrons. The molecule has 1 aliphatic rings. The van der Waals surface area contributed by atoms with E-state index in [0.29, 0.717) is 19.1 Å². The van der Waals surface area contributed by atoms with Crippen LogP contribution in [-0.4, -0.2) is 50.8 Å². The van der Waals surface area contributed by atoms with Crippen molar-refractivity contribution in [2.75, 3.05) is 26.8 Å². The summed E-state index contributed by atoms with van der Waals surface area (Å²) in [5, 5.41) is -0.527. The van der Waals surface area contributed by atoms with Crippen LogP contribution in [0.5, 0.6) is 0 Å². The second-order valence-corrected chi connectivity index (χ2v) is 7.08. The van der Waals surface area contributed by atoms with Gasteiger partial charge in [0, 0.05) is 26.2 Å². The molecule has 1 fully saturated rings. The lowest BCUT2D eigenvalue weighted by atomic mass is 10.2. The maximum atomic E-state index is 12.3. The molecule has 0 amide bonds. The standard InChI is InChI=1S/C11H24N2O3S/c1-9(8-12)17(14,15)13(6-7-16-3)10(2)11-4-5-11/h9-11H,4-8,12H2,1-3H3. The lowest BCUT2D eigenvalue weighted by Gasteiger charge is -2.30. The van der Waals surface area contributed by atoms with Crippen LogP contribution in [-0.2, 0) is 14.8 Å². The van der Waals surface area contributed by atoms with Crippen molar-refractivity contribution in [3.8, 4) is 0 Å². The third-order valence-electron chi connectivity index (χ3n) is 3.44. The first-order chi connectivity index (χ1) is 7.95. The van der Waals surface area contributed by atoms with E-state index >= 15 is 0 Å².